The summed E-state index contributed by atoms with van der Waals surface area (Å²) in [5, 5.41) is 4.48. The van der Waals surface area contributed by atoms with Crippen LogP contribution in [0.5, 0.6) is 0 Å². The molecule has 2 aliphatic carbocycles. The Morgan fingerprint density at radius 2 is 2.17 bits per heavy atom. The van der Waals surface area contributed by atoms with Gasteiger partial charge in [0.2, 0.25) is 0 Å². The molecule has 3 heteroatoms. The molecular weight excluding hydrogens is 240 g/mol. The van der Waals surface area contributed by atoms with Crippen molar-refractivity contribution < 1.29 is 0 Å². The lowest BCUT2D eigenvalue weighted by atomic mass is 9.87. The van der Waals surface area contributed by atoms with Crippen LogP contribution in [0.2, 0.25) is 0 Å². The Bertz CT molecular complexity index is 375. The third-order valence-electron chi connectivity index (χ3n) is 4.80. The smallest absolute Gasteiger partial charge is 0.0363 e. The number of thiophene rings is 1. The molecule has 1 unspecified atom stereocenters. The largest absolute Gasteiger partial charge is 0.329 e. The first-order chi connectivity index (χ1) is 8.80. The van der Waals surface area contributed by atoms with E-state index in [-0.39, 0.29) is 5.54 Å². The van der Waals surface area contributed by atoms with Gasteiger partial charge in [-0.15, -0.1) is 0 Å². The predicted octanol–water partition coefficient (Wildman–Crippen LogP) is 3.23. The standard InChI is InChI=1S/C15H24N2S/c1-2-15(11-16,13-3-4-13)17(14-5-6-14)9-12-7-8-18-10-12/h7-8,10,13-14H,2-6,9,11,16H2,1H3. The zero-order valence-electron chi connectivity index (χ0n) is 11.3. The Kier molecular flexibility index (Phi) is 3.48. The Morgan fingerprint density at radius 3 is 2.61 bits per heavy atom. The van der Waals surface area contributed by atoms with Crippen LogP contribution < -0.4 is 5.73 Å². The molecule has 2 fully saturated rings. The van der Waals surface area contributed by atoms with Gasteiger partial charge in [0, 0.05) is 24.7 Å². The molecule has 2 aliphatic rings. The molecule has 1 atom stereocenters. The van der Waals surface area contributed by atoms with Gasteiger partial charge in [0.1, 0.15) is 0 Å². The monoisotopic (exact) mass is 264 g/mol. The first kappa shape index (κ1) is 12.6. The number of rotatable bonds is 7. The molecule has 18 heavy (non-hydrogen) atoms. The summed E-state index contributed by atoms with van der Waals surface area (Å²) in [5.74, 6) is 0.853. The van der Waals surface area contributed by atoms with Gasteiger partial charge in [-0.3, -0.25) is 4.90 Å². The molecule has 2 N–H and O–H groups in total. The second-order valence-corrected chi connectivity index (χ2v) is 6.71. The molecule has 2 nitrogen and oxygen atoms in total. The van der Waals surface area contributed by atoms with Gasteiger partial charge in [0.15, 0.2) is 0 Å². The van der Waals surface area contributed by atoms with Crippen molar-refractivity contribution in [3.63, 3.8) is 0 Å². The lowest BCUT2D eigenvalue weighted by Gasteiger charge is -2.44. The van der Waals surface area contributed by atoms with E-state index in [1.807, 2.05) is 0 Å². The van der Waals surface area contributed by atoms with Crippen LogP contribution in [0.15, 0.2) is 16.8 Å². The highest BCUT2D eigenvalue weighted by Gasteiger charge is 2.50. The van der Waals surface area contributed by atoms with Crippen molar-refractivity contribution in [2.24, 2.45) is 11.7 Å². The maximum Gasteiger partial charge on any atom is 0.0363 e. The van der Waals surface area contributed by atoms with Crippen molar-refractivity contribution in [1.82, 2.24) is 4.90 Å². The maximum absolute atomic E-state index is 6.22. The number of hydrogen-bond acceptors (Lipinski definition) is 3. The summed E-state index contributed by atoms with van der Waals surface area (Å²) >= 11 is 1.81. The average molecular weight is 264 g/mol. The van der Waals surface area contributed by atoms with Crippen molar-refractivity contribution >= 4 is 11.3 Å². The molecule has 3 rings (SSSR count). The van der Waals surface area contributed by atoms with E-state index in [4.69, 9.17) is 5.73 Å². The van der Waals surface area contributed by atoms with E-state index < -0.39 is 0 Å². The first-order valence-electron chi connectivity index (χ1n) is 7.28. The Labute approximate surface area is 114 Å². The SMILES string of the molecule is CCC(CN)(C1CC1)N(Cc1ccsc1)C1CC1. The molecule has 0 saturated heterocycles. The Balaban J connectivity index is 1.82. The fourth-order valence-corrected chi connectivity index (χ4v) is 4.05. The topological polar surface area (TPSA) is 29.3 Å². The molecular formula is C15H24N2S. The van der Waals surface area contributed by atoms with E-state index in [1.54, 1.807) is 11.3 Å². The molecule has 2 saturated carbocycles. The number of nitrogens with zero attached hydrogens (tertiary/aromatic N) is 1. The molecule has 1 heterocycles. The van der Waals surface area contributed by atoms with Crippen molar-refractivity contribution in [3.05, 3.63) is 22.4 Å². The van der Waals surface area contributed by atoms with E-state index >= 15 is 0 Å². The van der Waals surface area contributed by atoms with Gasteiger partial charge in [0.25, 0.3) is 0 Å². The van der Waals surface area contributed by atoms with Crippen molar-refractivity contribution in [1.29, 1.82) is 0 Å². The van der Waals surface area contributed by atoms with Gasteiger partial charge in [-0.05, 0) is 60.4 Å². The zero-order valence-corrected chi connectivity index (χ0v) is 12.1. The third-order valence-corrected chi connectivity index (χ3v) is 5.53. The summed E-state index contributed by atoms with van der Waals surface area (Å²) in [5.41, 5.74) is 7.97. The van der Waals surface area contributed by atoms with Gasteiger partial charge in [-0.1, -0.05) is 6.92 Å². The minimum atomic E-state index is 0.281. The minimum absolute atomic E-state index is 0.281. The lowest BCUT2D eigenvalue weighted by molar-refractivity contribution is 0.0517. The third kappa shape index (κ3) is 2.24. The summed E-state index contributed by atoms with van der Waals surface area (Å²) < 4.78 is 0. The van der Waals surface area contributed by atoms with E-state index in [0.29, 0.717) is 0 Å². The molecule has 1 aromatic rings. The van der Waals surface area contributed by atoms with E-state index in [9.17, 15) is 0 Å². The molecule has 0 aromatic carbocycles. The summed E-state index contributed by atoms with van der Waals surface area (Å²) in [7, 11) is 0. The normalized spacial score (nSPS) is 23.3. The first-order valence-corrected chi connectivity index (χ1v) is 8.22. The summed E-state index contributed by atoms with van der Waals surface area (Å²) in [6.07, 6.45) is 6.72. The van der Waals surface area contributed by atoms with E-state index in [0.717, 1.165) is 25.0 Å². The van der Waals surface area contributed by atoms with Crippen molar-refractivity contribution in [3.8, 4) is 0 Å². The highest BCUT2D eigenvalue weighted by Crippen LogP contribution is 2.48. The van der Waals surface area contributed by atoms with Gasteiger partial charge in [0.05, 0.1) is 0 Å². The highest BCUT2D eigenvalue weighted by molar-refractivity contribution is 7.07. The molecule has 100 valence electrons. The molecule has 1 aromatic heterocycles. The fraction of sp³-hybridized carbons (Fsp3) is 0.733. The zero-order chi connectivity index (χ0) is 12.6. The predicted molar refractivity (Wildman–Crippen MR) is 77.7 cm³/mol. The van der Waals surface area contributed by atoms with Crippen LogP contribution in [0.4, 0.5) is 0 Å². The summed E-state index contributed by atoms with van der Waals surface area (Å²) in [6.45, 7) is 4.26. The molecule has 0 aliphatic heterocycles. The van der Waals surface area contributed by atoms with Crippen molar-refractivity contribution in [2.45, 2.75) is 57.2 Å². The van der Waals surface area contributed by atoms with Crippen LogP contribution in [0.3, 0.4) is 0 Å². The Hall–Kier alpha value is -0.380. The summed E-state index contributed by atoms with van der Waals surface area (Å²) in [4.78, 5) is 2.76. The van der Waals surface area contributed by atoms with Crippen LogP contribution in [-0.2, 0) is 6.54 Å². The summed E-state index contributed by atoms with van der Waals surface area (Å²) in [6, 6.07) is 3.07. The number of nitrogens with two attached hydrogens (primary N) is 1. The molecule has 0 amide bonds. The minimum Gasteiger partial charge on any atom is -0.329 e. The average Bonchev–Trinajstić information content (AvgIpc) is 3.30. The van der Waals surface area contributed by atoms with Gasteiger partial charge >= 0.3 is 0 Å². The quantitative estimate of drug-likeness (QED) is 0.819. The second kappa shape index (κ2) is 4.95. The van der Waals surface area contributed by atoms with Gasteiger partial charge < -0.3 is 5.73 Å². The van der Waals surface area contributed by atoms with Crippen LogP contribution >= 0.6 is 11.3 Å². The maximum atomic E-state index is 6.22. The Morgan fingerprint density at radius 1 is 1.39 bits per heavy atom. The van der Waals surface area contributed by atoms with Crippen LogP contribution in [0, 0.1) is 5.92 Å². The number of hydrogen-bond donors (Lipinski definition) is 1. The molecule has 0 bridgehead atoms. The van der Waals surface area contributed by atoms with E-state index in [1.165, 1.54) is 37.7 Å². The highest BCUT2D eigenvalue weighted by atomic mass is 32.1. The van der Waals surface area contributed by atoms with Crippen LogP contribution in [-0.4, -0.2) is 23.0 Å². The molecule has 0 radical (unpaired) electrons. The van der Waals surface area contributed by atoms with Gasteiger partial charge in [-0.25, -0.2) is 0 Å². The van der Waals surface area contributed by atoms with Crippen LogP contribution in [0.1, 0.15) is 44.6 Å². The fourth-order valence-electron chi connectivity index (χ4n) is 3.39. The van der Waals surface area contributed by atoms with E-state index in [2.05, 4.69) is 28.7 Å². The van der Waals surface area contributed by atoms with Crippen molar-refractivity contribution in [2.75, 3.05) is 6.54 Å². The van der Waals surface area contributed by atoms with Crippen LogP contribution in [0.25, 0.3) is 0 Å². The van der Waals surface area contributed by atoms with Gasteiger partial charge in [-0.2, -0.15) is 11.3 Å². The lowest BCUT2D eigenvalue weighted by Crippen LogP contribution is -2.55. The second-order valence-electron chi connectivity index (χ2n) is 5.93. The molecule has 0 spiro atoms.